The van der Waals surface area contributed by atoms with Crippen molar-refractivity contribution < 1.29 is 24.4 Å². The predicted molar refractivity (Wildman–Crippen MR) is 166 cm³/mol. The van der Waals surface area contributed by atoms with E-state index in [0.717, 1.165) is 61.2 Å². The predicted octanol–water partition coefficient (Wildman–Crippen LogP) is 6.01. The van der Waals surface area contributed by atoms with E-state index in [4.69, 9.17) is 14.2 Å². The number of rotatable bonds is 2. The maximum atomic E-state index is 11.6. The molecule has 4 aromatic rings. The summed E-state index contributed by atoms with van der Waals surface area (Å²) in [5.41, 5.74) is 9.08. The largest absolute Gasteiger partial charge is 0.504 e. The Morgan fingerprint density at radius 1 is 0.837 bits per heavy atom. The van der Waals surface area contributed by atoms with Gasteiger partial charge >= 0.3 is 0 Å². The molecule has 8 bridgehead atoms. The van der Waals surface area contributed by atoms with Gasteiger partial charge in [0.2, 0.25) is 0 Å². The number of phenolic OH excluding ortho intramolecular Hbond substituents is 2. The first-order valence-electron chi connectivity index (χ1n) is 15.1. The molecule has 0 aromatic heterocycles. The zero-order valence-electron chi connectivity index (χ0n) is 24.9. The summed E-state index contributed by atoms with van der Waals surface area (Å²) in [6.07, 6.45) is 3.85. The van der Waals surface area contributed by atoms with Crippen LogP contribution in [0, 0.1) is 0 Å². The molecule has 0 aliphatic carbocycles. The van der Waals surface area contributed by atoms with Gasteiger partial charge in [0.1, 0.15) is 11.5 Å². The minimum absolute atomic E-state index is 0.0716. The van der Waals surface area contributed by atoms with Crippen LogP contribution in [0.1, 0.15) is 56.6 Å². The topological polar surface area (TPSA) is 83.4 Å². The second-order valence-electron chi connectivity index (χ2n) is 12.0. The zero-order valence-corrected chi connectivity index (χ0v) is 24.9. The minimum atomic E-state index is 0.0716. The molecule has 6 aliphatic rings. The monoisotopic (exact) mass is 578 g/mol. The Morgan fingerprint density at radius 3 is 2.42 bits per heavy atom. The molecule has 0 spiro atoms. The van der Waals surface area contributed by atoms with Crippen molar-refractivity contribution in [2.75, 3.05) is 34.4 Å². The summed E-state index contributed by atoms with van der Waals surface area (Å²) in [5.74, 6) is 2.77. The summed E-state index contributed by atoms with van der Waals surface area (Å²) >= 11 is 0. The van der Waals surface area contributed by atoms with Crippen LogP contribution in [0.2, 0.25) is 0 Å². The first kappa shape index (κ1) is 27.6. The first-order valence-corrected chi connectivity index (χ1v) is 15.1. The second-order valence-corrected chi connectivity index (χ2v) is 12.0. The third-order valence-corrected chi connectivity index (χ3v) is 9.43. The van der Waals surface area contributed by atoms with E-state index in [1.807, 2.05) is 30.3 Å². The fourth-order valence-corrected chi connectivity index (χ4v) is 7.13. The molecule has 0 fully saturated rings. The molecule has 222 valence electrons. The molecule has 2 atom stereocenters. The summed E-state index contributed by atoms with van der Waals surface area (Å²) in [5, 5.41) is 25.9. The molecule has 7 heteroatoms. The molecule has 1 unspecified atom stereocenters. The van der Waals surface area contributed by atoms with Gasteiger partial charge in [-0.15, -0.1) is 0 Å². The number of ether oxygens (including phenoxy) is 3. The average Bonchev–Trinajstić information content (AvgIpc) is 3.01. The number of aromatic hydroxyl groups is 2. The minimum Gasteiger partial charge on any atom is -0.504 e. The van der Waals surface area contributed by atoms with E-state index >= 15 is 0 Å². The third kappa shape index (κ3) is 5.07. The Bertz CT molecular complexity index is 1680. The lowest BCUT2D eigenvalue weighted by molar-refractivity contribution is 0.226. The van der Waals surface area contributed by atoms with Gasteiger partial charge < -0.3 is 29.7 Å². The van der Waals surface area contributed by atoms with Crippen LogP contribution in [0.3, 0.4) is 0 Å². The molecule has 0 radical (unpaired) electrons. The number of benzene rings is 4. The molecular formula is C36H38N2O5. The van der Waals surface area contributed by atoms with Gasteiger partial charge in [0, 0.05) is 30.6 Å². The molecule has 7 nitrogen and oxygen atoms in total. The SMILES string of the molecule is COc1cc2c3cc1Cc1c(O)c(OC)cc4c1C(Cc1ccc(cc1)Oc1cc(ccc1O)C[C@H]2NCC3)N(C)CC4. The molecule has 0 amide bonds. The van der Waals surface area contributed by atoms with Gasteiger partial charge in [0.25, 0.3) is 0 Å². The summed E-state index contributed by atoms with van der Waals surface area (Å²) in [6.45, 7) is 1.78. The first-order chi connectivity index (χ1) is 20.9. The van der Waals surface area contributed by atoms with Crippen molar-refractivity contribution in [2.24, 2.45) is 0 Å². The molecule has 0 saturated heterocycles. The van der Waals surface area contributed by atoms with Crippen molar-refractivity contribution in [3.63, 3.8) is 0 Å². The van der Waals surface area contributed by atoms with E-state index in [1.54, 1.807) is 20.3 Å². The number of hydrogen-bond donors (Lipinski definition) is 3. The molecule has 0 saturated carbocycles. The highest BCUT2D eigenvalue weighted by Crippen LogP contribution is 2.45. The van der Waals surface area contributed by atoms with E-state index in [1.165, 1.54) is 27.8 Å². The Labute approximate surface area is 252 Å². The summed E-state index contributed by atoms with van der Waals surface area (Å²) < 4.78 is 17.9. The third-order valence-electron chi connectivity index (χ3n) is 9.43. The Balaban J connectivity index is 1.43. The number of methoxy groups -OCH3 is 2. The number of likely N-dealkylation sites (N-methyl/N-ethyl adjacent to an activating group) is 1. The molecule has 4 aromatic carbocycles. The van der Waals surface area contributed by atoms with Gasteiger partial charge in [0.15, 0.2) is 23.0 Å². The summed E-state index contributed by atoms with van der Waals surface area (Å²) in [4.78, 5) is 2.38. The lowest BCUT2D eigenvalue weighted by atomic mass is 9.82. The van der Waals surface area contributed by atoms with Crippen molar-refractivity contribution in [1.29, 1.82) is 0 Å². The van der Waals surface area contributed by atoms with Crippen LogP contribution in [0.15, 0.2) is 60.7 Å². The fraction of sp³-hybridized carbons (Fsp3) is 0.333. The number of nitrogens with one attached hydrogen (secondary N) is 1. The highest BCUT2D eigenvalue weighted by atomic mass is 16.5. The Morgan fingerprint density at radius 2 is 1.63 bits per heavy atom. The van der Waals surface area contributed by atoms with Gasteiger partial charge in [-0.05, 0) is 115 Å². The maximum absolute atomic E-state index is 11.6. The van der Waals surface area contributed by atoms with Crippen LogP contribution in [-0.4, -0.2) is 49.5 Å². The van der Waals surface area contributed by atoms with Crippen molar-refractivity contribution in [3.05, 3.63) is 105 Å². The van der Waals surface area contributed by atoms with Gasteiger partial charge in [-0.3, -0.25) is 4.90 Å². The molecule has 6 heterocycles. The molecule has 6 aliphatic heterocycles. The van der Waals surface area contributed by atoms with Gasteiger partial charge in [-0.2, -0.15) is 0 Å². The van der Waals surface area contributed by atoms with Gasteiger partial charge in [0.05, 0.1) is 14.2 Å². The summed E-state index contributed by atoms with van der Waals surface area (Å²) in [6, 6.07) is 20.3. The normalized spacial score (nSPS) is 19.5. The maximum Gasteiger partial charge on any atom is 0.169 e. The van der Waals surface area contributed by atoms with Crippen molar-refractivity contribution in [1.82, 2.24) is 10.2 Å². The van der Waals surface area contributed by atoms with Crippen LogP contribution in [0.5, 0.6) is 34.5 Å². The average molecular weight is 579 g/mol. The van der Waals surface area contributed by atoms with E-state index < -0.39 is 0 Å². The van der Waals surface area contributed by atoms with Crippen molar-refractivity contribution in [3.8, 4) is 34.5 Å². The zero-order chi connectivity index (χ0) is 29.7. The number of phenols is 2. The van der Waals surface area contributed by atoms with Crippen LogP contribution in [0.4, 0.5) is 0 Å². The van der Waals surface area contributed by atoms with E-state index in [9.17, 15) is 10.2 Å². The van der Waals surface area contributed by atoms with E-state index in [2.05, 4.69) is 41.5 Å². The lowest BCUT2D eigenvalue weighted by Gasteiger charge is -2.37. The second kappa shape index (κ2) is 11.1. The van der Waals surface area contributed by atoms with Crippen molar-refractivity contribution in [2.45, 2.75) is 44.2 Å². The molecule has 10 rings (SSSR count). The fourth-order valence-electron chi connectivity index (χ4n) is 7.13. The number of nitrogens with zero attached hydrogens (tertiary/aromatic N) is 1. The Kier molecular flexibility index (Phi) is 7.15. The van der Waals surface area contributed by atoms with E-state index in [-0.39, 0.29) is 23.6 Å². The van der Waals surface area contributed by atoms with Gasteiger partial charge in [-0.1, -0.05) is 24.3 Å². The van der Waals surface area contributed by atoms with E-state index in [0.29, 0.717) is 23.7 Å². The van der Waals surface area contributed by atoms with Crippen molar-refractivity contribution >= 4 is 0 Å². The Hall–Kier alpha value is -4.20. The smallest absolute Gasteiger partial charge is 0.169 e. The van der Waals surface area contributed by atoms with Crippen LogP contribution < -0.4 is 19.5 Å². The molecular weight excluding hydrogens is 540 g/mol. The highest BCUT2D eigenvalue weighted by molar-refractivity contribution is 5.59. The van der Waals surface area contributed by atoms with Crippen LogP contribution in [-0.2, 0) is 32.1 Å². The quantitative estimate of drug-likeness (QED) is 0.269. The van der Waals surface area contributed by atoms with Crippen LogP contribution >= 0.6 is 0 Å². The van der Waals surface area contributed by atoms with Gasteiger partial charge in [-0.25, -0.2) is 0 Å². The number of hydrogen-bond acceptors (Lipinski definition) is 7. The lowest BCUT2D eigenvalue weighted by Crippen LogP contribution is -2.34. The standard InChI is InChI=1S/C36H38N2O5/c1-38-13-11-24-19-34(42-3)36(40)28-18-25-17-23-10-12-37-29(27(23)20-32(25)41-2)14-22-6-9-31(39)33(16-22)43-26-7-4-21(5-8-26)15-30(38)35(24)28/h4-9,16-17,19-20,29-30,37,39-40H,10-15,18H2,1-3H3/t29-,30?/m1/s1. The molecule has 3 N–H and O–H groups in total. The highest BCUT2D eigenvalue weighted by Gasteiger charge is 2.32. The summed E-state index contributed by atoms with van der Waals surface area (Å²) in [7, 11) is 5.50. The van der Waals surface area contributed by atoms with Crippen LogP contribution in [0.25, 0.3) is 0 Å². The molecule has 43 heavy (non-hydrogen) atoms.